The Morgan fingerprint density at radius 1 is 1.32 bits per heavy atom. The van der Waals surface area contributed by atoms with Crippen molar-refractivity contribution in [3.8, 4) is 5.75 Å². The summed E-state index contributed by atoms with van der Waals surface area (Å²) in [6.45, 7) is 6.08. The lowest BCUT2D eigenvalue weighted by molar-refractivity contribution is 0.0627. The molecule has 1 heterocycles. The van der Waals surface area contributed by atoms with Gasteiger partial charge in [-0.1, -0.05) is 19.9 Å². The molecule has 1 aromatic rings. The van der Waals surface area contributed by atoms with Crippen LogP contribution in [0.2, 0.25) is 0 Å². The summed E-state index contributed by atoms with van der Waals surface area (Å²) < 4.78 is 5.26. The molecule has 4 nitrogen and oxygen atoms in total. The average molecular weight is 262 g/mol. The van der Waals surface area contributed by atoms with Gasteiger partial charge in [-0.05, 0) is 30.4 Å². The van der Waals surface area contributed by atoms with Crippen molar-refractivity contribution in [3.63, 3.8) is 0 Å². The standard InChI is InChI=1S/C15H22N2O2/c1-15(2)7-9-17(10-8-15)14(18)11-5-4-6-12(16)13(11)19-3/h4-6H,7-10,16H2,1-3H3. The Hall–Kier alpha value is -1.71. The smallest absolute Gasteiger partial charge is 0.257 e. The predicted octanol–water partition coefficient (Wildman–Crippen LogP) is 2.54. The number of benzene rings is 1. The van der Waals surface area contributed by atoms with Crippen LogP contribution in [0.25, 0.3) is 0 Å². The molecule has 0 spiro atoms. The SMILES string of the molecule is COc1c(N)cccc1C(=O)N1CCC(C)(C)CC1. The van der Waals surface area contributed by atoms with Gasteiger partial charge in [-0.15, -0.1) is 0 Å². The Bertz CT molecular complexity index is 473. The molecule has 0 radical (unpaired) electrons. The summed E-state index contributed by atoms with van der Waals surface area (Å²) >= 11 is 0. The second-order valence-electron chi connectivity index (χ2n) is 5.88. The molecule has 1 aliphatic rings. The molecule has 104 valence electrons. The van der Waals surface area contributed by atoms with E-state index in [-0.39, 0.29) is 5.91 Å². The maximum atomic E-state index is 12.5. The zero-order valence-corrected chi connectivity index (χ0v) is 11.9. The number of anilines is 1. The van der Waals surface area contributed by atoms with Gasteiger partial charge in [0, 0.05) is 13.1 Å². The molecular formula is C15H22N2O2. The summed E-state index contributed by atoms with van der Waals surface area (Å²) in [5, 5.41) is 0. The first-order valence-corrected chi connectivity index (χ1v) is 6.66. The van der Waals surface area contributed by atoms with Crippen molar-refractivity contribution in [1.29, 1.82) is 0 Å². The molecule has 0 atom stereocenters. The van der Waals surface area contributed by atoms with Gasteiger partial charge in [-0.25, -0.2) is 0 Å². The fraction of sp³-hybridized carbons (Fsp3) is 0.533. The second kappa shape index (κ2) is 5.11. The van der Waals surface area contributed by atoms with Crippen LogP contribution < -0.4 is 10.5 Å². The van der Waals surface area contributed by atoms with Crippen molar-refractivity contribution in [2.75, 3.05) is 25.9 Å². The minimum absolute atomic E-state index is 0.0136. The van der Waals surface area contributed by atoms with E-state index in [1.807, 2.05) is 4.90 Å². The van der Waals surface area contributed by atoms with E-state index in [1.165, 1.54) is 0 Å². The van der Waals surface area contributed by atoms with Gasteiger partial charge >= 0.3 is 0 Å². The number of nitrogens with zero attached hydrogens (tertiary/aromatic N) is 1. The van der Waals surface area contributed by atoms with E-state index in [9.17, 15) is 4.79 Å². The highest BCUT2D eigenvalue weighted by molar-refractivity contribution is 5.98. The largest absolute Gasteiger partial charge is 0.494 e. The number of rotatable bonds is 2. The molecule has 19 heavy (non-hydrogen) atoms. The third-order valence-corrected chi connectivity index (χ3v) is 3.88. The van der Waals surface area contributed by atoms with Gasteiger partial charge in [0.25, 0.3) is 5.91 Å². The van der Waals surface area contributed by atoms with Crippen LogP contribution in [0.15, 0.2) is 18.2 Å². The van der Waals surface area contributed by atoms with E-state index in [0.29, 0.717) is 22.4 Å². The summed E-state index contributed by atoms with van der Waals surface area (Å²) in [5.74, 6) is 0.497. The Labute approximate surface area is 114 Å². The van der Waals surface area contributed by atoms with Gasteiger partial charge in [-0.3, -0.25) is 4.79 Å². The van der Waals surface area contributed by atoms with Crippen LogP contribution >= 0.6 is 0 Å². The number of para-hydroxylation sites is 1. The first-order chi connectivity index (χ1) is 8.94. The van der Waals surface area contributed by atoms with Crippen LogP contribution in [0, 0.1) is 5.41 Å². The van der Waals surface area contributed by atoms with Crippen LogP contribution in [0.4, 0.5) is 5.69 Å². The highest BCUT2D eigenvalue weighted by Crippen LogP contribution is 2.32. The number of nitrogen functional groups attached to an aromatic ring is 1. The lowest BCUT2D eigenvalue weighted by Crippen LogP contribution is -2.41. The molecule has 0 saturated carbocycles. The van der Waals surface area contributed by atoms with E-state index in [2.05, 4.69) is 13.8 Å². The molecule has 0 bridgehead atoms. The Morgan fingerprint density at radius 2 is 1.95 bits per heavy atom. The van der Waals surface area contributed by atoms with Crippen LogP contribution in [-0.4, -0.2) is 31.0 Å². The van der Waals surface area contributed by atoms with Crippen molar-refractivity contribution in [2.24, 2.45) is 5.41 Å². The molecular weight excluding hydrogens is 240 g/mol. The van der Waals surface area contributed by atoms with Gasteiger partial charge < -0.3 is 15.4 Å². The van der Waals surface area contributed by atoms with Crippen LogP contribution in [0.5, 0.6) is 5.75 Å². The molecule has 2 rings (SSSR count). The minimum atomic E-state index is 0.0136. The van der Waals surface area contributed by atoms with Crippen molar-refractivity contribution in [1.82, 2.24) is 4.90 Å². The number of methoxy groups -OCH3 is 1. The third kappa shape index (κ3) is 2.83. The number of hydrogen-bond acceptors (Lipinski definition) is 3. The van der Waals surface area contributed by atoms with Crippen molar-refractivity contribution >= 4 is 11.6 Å². The van der Waals surface area contributed by atoms with E-state index < -0.39 is 0 Å². The predicted molar refractivity (Wildman–Crippen MR) is 76.3 cm³/mol. The van der Waals surface area contributed by atoms with Gasteiger partial charge in [0.1, 0.15) is 0 Å². The highest BCUT2D eigenvalue weighted by atomic mass is 16.5. The highest BCUT2D eigenvalue weighted by Gasteiger charge is 2.29. The summed E-state index contributed by atoms with van der Waals surface area (Å²) in [5.41, 5.74) is 7.24. The summed E-state index contributed by atoms with van der Waals surface area (Å²) in [6, 6.07) is 5.31. The molecule has 0 aromatic heterocycles. The molecule has 1 aromatic carbocycles. The fourth-order valence-electron chi connectivity index (χ4n) is 2.44. The molecule has 1 fully saturated rings. The average Bonchev–Trinajstić information content (AvgIpc) is 2.37. The third-order valence-electron chi connectivity index (χ3n) is 3.88. The lowest BCUT2D eigenvalue weighted by Gasteiger charge is -2.37. The molecule has 2 N–H and O–H groups in total. The van der Waals surface area contributed by atoms with E-state index in [4.69, 9.17) is 10.5 Å². The van der Waals surface area contributed by atoms with Crippen LogP contribution in [0.1, 0.15) is 37.0 Å². The van der Waals surface area contributed by atoms with Crippen molar-refractivity contribution < 1.29 is 9.53 Å². The zero-order valence-electron chi connectivity index (χ0n) is 11.9. The number of amides is 1. The molecule has 1 saturated heterocycles. The van der Waals surface area contributed by atoms with Gasteiger partial charge in [0.05, 0.1) is 18.4 Å². The zero-order chi connectivity index (χ0) is 14.0. The quantitative estimate of drug-likeness (QED) is 0.833. The van der Waals surface area contributed by atoms with E-state index in [1.54, 1.807) is 25.3 Å². The number of carbonyl (C=O) groups excluding carboxylic acids is 1. The number of carbonyl (C=O) groups is 1. The van der Waals surface area contributed by atoms with Crippen molar-refractivity contribution in [2.45, 2.75) is 26.7 Å². The first kappa shape index (κ1) is 13.7. The monoisotopic (exact) mass is 262 g/mol. The van der Waals surface area contributed by atoms with Gasteiger partial charge in [0.2, 0.25) is 0 Å². The van der Waals surface area contributed by atoms with Gasteiger partial charge in [0.15, 0.2) is 5.75 Å². The Morgan fingerprint density at radius 3 is 2.53 bits per heavy atom. The first-order valence-electron chi connectivity index (χ1n) is 6.66. The van der Waals surface area contributed by atoms with Gasteiger partial charge in [-0.2, -0.15) is 0 Å². The number of nitrogens with two attached hydrogens (primary N) is 1. The summed E-state index contributed by atoms with van der Waals surface area (Å²) in [7, 11) is 1.54. The molecule has 4 heteroatoms. The number of hydrogen-bond donors (Lipinski definition) is 1. The topological polar surface area (TPSA) is 55.6 Å². The Balaban J connectivity index is 2.19. The number of piperidine rings is 1. The molecule has 0 aliphatic carbocycles. The lowest BCUT2D eigenvalue weighted by atomic mass is 9.82. The molecule has 0 unspecified atom stereocenters. The fourth-order valence-corrected chi connectivity index (χ4v) is 2.44. The van der Waals surface area contributed by atoms with E-state index >= 15 is 0 Å². The Kier molecular flexibility index (Phi) is 3.69. The maximum absolute atomic E-state index is 12.5. The van der Waals surface area contributed by atoms with Crippen LogP contribution in [-0.2, 0) is 0 Å². The summed E-state index contributed by atoms with van der Waals surface area (Å²) in [4.78, 5) is 14.4. The van der Waals surface area contributed by atoms with Crippen molar-refractivity contribution in [3.05, 3.63) is 23.8 Å². The maximum Gasteiger partial charge on any atom is 0.257 e. The molecule has 1 aliphatic heterocycles. The minimum Gasteiger partial charge on any atom is -0.494 e. The number of likely N-dealkylation sites (tertiary alicyclic amines) is 1. The molecule has 1 amide bonds. The van der Waals surface area contributed by atoms with E-state index in [0.717, 1.165) is 25.9 Å². The van der Waals surface area contributed by atoms with Crippen LogP contribution in [0.3, 0.4) is 0 Å². The normalized spacial score (nSPS) is 18.2. The number of ether oxygens (including phenoxy) is 1. The second-order valence-corrected chi connectivity index (χ2v) is 5.88. The summed E-state index contributed by atoms with van der Waals surface area (Å²) in [6.07, 6.45) is 2.06.